The second-order valence-corrected chi connectivity index (χ2v) is 4.42. The van der Waals surface area contributed by atoms with Crippen LogP contribution in [0.3, 0.4) is 0 Å². The van der Waals surface area contributed by atoms with Crippen LogP contribution in [-0.4, -0.2) is 23.2 Å². The minimum Gasteiger partial charge on any atom is -0.311 e. The minimum absolute atomic E-state index is 0.123. The highest BCUT2D eigenvalue weighted by molar-refractivity contribution is 7.80. The third-order valence-corrected chi connectivity index (χ3v) is 3.19. The Morgan fingerprint density at radius 3 is 3.00 bits per heavy atom. The first-order chi connectivity index (χ1) is 7.20. The second-order valence-electron chi connectivity index (χ2n) is 3.62. The van der Waals surface area contributed by atoms with Gasteiger partial charge in [-0.05, 0) is 17.7 Å². The van der Waals surface area contributed by atoms with E-state index in [4.69, 9.17) is 11.6 Å². The number of hydrogen-bond acceptors (Lipinski definition) is 3. The van der Waals surface area contributed by atoms with Crippen LogP contribution in [0.4, 0.5) is 5.69 Å². The molecule has 5 heteroatoms. The molecule has 0 radical (unpaired) electrons. The van der Waals surface area contributed by atoms with Crippen LogP contribution in [0.25, 0.3) is 0 Å². The van der Waals surface area contributed by atoms with Gasteiger partial charge in [0, 0.05) is 19.2 Å². The lowest BCUT2D eigenvalue weighted by molar-refractivity contribution is -0.117. The zero-order valence-electron chi connectivity index (χ0n) is 8.06. The number of amides is 1. The SMILES string of the molecule is O=C1CC(CS)CN1c1cncc(Cl)c1. The normalized spacial score (nSPS) is 21.1. The molecule has 0 aliphatic carbocycles. The zero-order chi connectivity index (χ0) is 10.8. The number of pyridine rings is 1. The van der Waals surface area contributed by atoms with E-state index >= 15 is 0 Å². The van der Waals surface area contributed by atoms with Crippen molar-refractivity contribution in [1.29, 1.82) is 0 Å². The number of nitrogens with zero attached hydrogens (tertiary/aromatic N) is 2. The summed E-state index contributed by atoms with van der Waals surface area (Å²) in [6.07, 6.45) is 3.78. The number of aromatic nitrogens is 1. The van der Waals surface area contributed by atoms with Gasteiger partial charge in [0.25, 0.3) is 0 Å². The Labute approximate surface area is 98.8 Å². The predicted molar refractivity (Wildman–Crippen MR) is 63.6 cm³/mol. The Kier molecular flexibility index (Phi) is 3.17. The summed E-state index contributed by atoms with van der Waals surface area (Å²) in [4.78, 5) is 17.4. The van der Waals surface area contributed by atoms with Crippen LogP contribution < -0.4 is 4.90 Å². The van der Waals surface area contributed by atoms with E-state index in [0.717, 1.165) is 11.4 Å². The molecule has 2 rings (SSSR count). The second kappa shape index (κ2) is 4.41. The highest BCUT2D eigenvalue weighted by Crippen LogP contribution is 2.26. The van der Waals surface area contributed by atoms with Gasteiger partial charge in [-0.2, -0.15) is 12.6 Å². The molecule has 1 fully saturated rings. The van der Waals surface area contributed by atoms with Crippen LogP contribution in [0.1, 0.15) is 6.42 Å². The standard InChI is InChI=1S/C10H11ClN2OS/c11-8-2-9(4-12-3-8)13-5-7(6-15)1-10(13)14/h2-4,7,15H,1,5-6H2. The fourth-order valence-corrected chi connectivity index (χ4v) is 2.11. The molecule has 80 valence electrons. The Morgan fingerprint density at radius 1 is 1.60 bits per heavy atom. The number of carbonyl (C=O) groups is 1. The first-order valence-electron chi connectivity index (χ1n) is 4.72. The highest BCUT2D eigenvalue weighted by Gasteiger charge is 2.29. The zero-order valence-corrected chi connectivity index (χ0v) is 9.71. The van der Waals surface area contributed by atoms with Gasteiger partial charge in [0.15, 0.2) is 0 Å². The fraction of sp³-hybridized carbons (Fsp3) is 0.400. The molecule has 1 amide bonds. The molecule has 1 aromatic rings. The molecule has 2 heterocycles. The number of rotatable bonds is 2. The number of thiol groups is 1. The molecule has 1 atom stereocenters. The number of anilines is 1. The van der Waals surface area contributed by atoms with Gasteiger partial charge in [-0.15, -0.1) is 0 Å². The lowest BCUT2D eigenvalue weighted by Crippen LogP contribution is -2.24. The summed E-state index contributed by atoms with van der Waals surface area (Å²) in [5, 5.41) is 0.551. The molecule has 1 aromatic heterocycles. The van der Waals surface area contributed by atoms with Crippen LogP contribution in [0.2, 0.25) is 5.02 Å². The largest absolute Gasteiger partial charge is 0.311 e. The monoisotopic (exact) mass is 242 g/mol. The maximum atomic E-state index is 11.7. The van der Waals surface area contributed by atoms with Crippen LogP contribution in [-0.2, 0) is 4.79 Å². The lowest BCUT2D eigenvalue weighted by Gasteiger charge is -2.15. The van der Waals surface area contributed by atoms with E-state index in [9.17, 15) is 4.79 Å². The van der Waals surface area contributed by atoms with Crippen LogP contribution in [0, 0.1) is 5.92 Å². The molecule has 3 nitrogen and oxygen atoms in total. The molecule has 0 spiro atoms. The van der Waals surface area contributed by atoms with Gasteiger partial charge >= 0.3 is 0 Å². The summed E-state index contributed by atoms with van der Waals surface area (Å²) in [5.74, 6) is 1.19. The average molecular weight is 243 g/mol. The van der Waals surface area contributed by atoms with Gasteiger partial charge in [-0.1, -0.05) is 11.6 Å². The third-order valence-electron chi connectivity index (χ3n) is 2.47. The van der Waals surface area contributed by atoms with Gasteiger partial charge in [-0.25, -0.2) is 0 Å². The number of halogens is 1. The minimum atomic E-state index is 0.123. The molecule has 0 aromatic carbocycles. The summed E-state index contributed by atoms with van der Waals surface area (Å²) >= 11 is 10.0. The van der Waals surface area contributed by atoms with Crippen molar-refractivity contribution >= 4 is 35.8 Å². The van der Waals surface area contributed by atoms with Crippen LogP contribution >= 0.6 is 24.2 Å². The Balaban J connectivity index is 2.21. The summed E-state index contributed by atoms with van der Waals surface area (Å²) in [7, 11) is 0. The molecule has 1 aliphatic rings. The van der Waals surface area contributed by atoms with Crippen molar-refractivity contribution in [2.24, 2.45) is 5.92 Å². The topological polar surface area (TPSA) is 33.2 Å². The van der Waals surface area contributed by atoms with Crippen molar-refractivity contribution < 1.29 is 4.79 Å². The molecule has 15 heavy (non-hydrogen) atoms. The average Bonchev–Trinajstić information content (AvgIpc) is 2.60. The van der Waals surface area contributed by atoms with Crippen molar-refractivity contribution in [2.75, 3.05) is 17.2 Å². The highest BCUT2D eigenvalue weighted by atomic mass is 35.5. The maximum Gasteiger partial charge on any atom is 0.227 e. The van der Waals surface area contributed by atoms with Gasteiger partial charge in [0.05, 0.1) is 16.9 Å². The summed E-state index contributed by atoms with van der Waals surface area (Å²) in [6, 6.07) is 1.76. The molecule has 0 N–H and O–H groups in total. The molecule has 0 saturated carbocycles. The molecule has 1 unspecified atom stereocenters. The van der Waals surface area contributed by atoms with Crippen LogP contribution in [0.15, 0.2) is 18.5 Å². The van der Waals surface area contributed by atoms with E-state index in [2.05, 4.69) is 17.6 Å². The first-order valence-corrected chi connectivity index (χ1v) is 5.73. The van der Waals surface area contributed by atoms with E-state index < -0.39 is 0 Å². The van der Waals surface area contributed by atoms with Crippen molar-refractivity contribution in [2.45, 2.75) is 6.42 Å². The Bertz CT molecular complexity index is 385. The van der Waals surface area contributed by atoms with Crippen molar-refractivity contribution in [3.05, 3.63) is 23.5 Å². The fourth-order valence-electron chi connectivity index (χ4n) is 1.70. The molecular weight excluding hydrogens is 232 g/mol. The van der Waals surface area contributed by atoms with Crippen molar-refractivity contribution in [3.8, 4) is 0 Å². The first kappa shape index (κ1) is 10.8. The number of hydrogen-bond donors (Lipinski definition) is 1. The van der Waals surface area contributed by atoms with E-state index in [0.29, 0.717) is 23.9 Å². The Hall–Kier alpha value is -0.740. The quantitative estimate of drug-likeness (QED) is 0.805. The van der Waals surface area contributed by atoms with E-state index in [1.165, 1.54) is 0 Å². The smallest absolute Gasteiger partial charge is 0.227 e. The third kappa shape index (κ3) is 2.26. The van der Waals surface area contributed by atoms with Gasteiger partial charge in [0.2, 0.25) is 5.91 Å². The maximum absolute atomic E-state index is 11.7. The van der Waals surface area contributed by atoms with E-state index in [-0.39, 0.29) is 5.91 Å². The predicted octanol–water partition coefficient (Wildman–Crippen LogP) is 2.02. The summed E-state index contributed by atoms with van der Waals surface area (Å²) in [6.45, 7) is 0.713. The van der Waals surface area contributed by atoms with Gasteiger partial charge in [-0.3, -0.25) is 9.78 Å². The van der Waals surface area contributed by atoms with Gasteiger partial charge < -0.3 is 4.90 Å². The van der Waals surface area contributed by atoms with Crippen molar-refractivity contribution in [3.63, 3.8) is 0 Å². The van der Waals surface area contributed by atoms with Gasteiger partial charge in [0.1, 0.15) is 0 Å². The number of carbonyl (C=O) groups excluding carboxylic acids is 1. The molecule has 1 aliphatic heterocycles. The lowest BCUT2D eigenvalue weighted by atomic mass is 10.1. The summed E-state index contributed by atoms with van der Waals surface area (Å²) in [5.41, 5.74) is 0.775. The van der Waals surface area contributed by atoms with E-state index in [1.807, 2.05) is 0 Å². The Morgan fingerprint density at radius 2 is 2.40 bits per heavy atom. The van der Waals surface area contributed by atoms with E-state index in [1.54, 1.807) is 23.4 Å². The molecular formula is C10H11ClN2OS. The molecule has 0 bridgehead atoms. The molecule has 1 saturated heterocycles. The van der Waals surface area contributed by atoms with Crippen molar-refractivity contribution in [1.82, 2.24) is 4.98 Å². The summed E-state index contributed by atoms with van der Waals surface area (Å²) < 4.78 is 0. The van der Waals surface area contributed by atoms with Crippen LogP contribution in [0.5, 0.6) is 0 Å².